The Morgan fingerprint density at radius 3 is 2.58 bits per heavy atom. The monoisotopic (exact) mass is 434 g/mol. The zero-order valence-electron chi connectivity index (χ0n) is 16.2. The van der Waals surface area contributed by atoms with E-state index in [-0.39, 0.29) is 24.2 Å². The first kappa shape index (κ1) is 20.2. The van der Waals surface area contributed by atoms with E-state index < -0.39 is 0 Å². The zero-order chi connectivity index (χ0) is 21.6. The SMILES string of the molecule is O=C(COc1cccc(NC(=O)c2ccco2)c1)Nc1cccc(-n2cc[nH]c2=S)c1. The van der Waals surface area contributed by atoms with Gasteiger partial charge in [0.05, 0.1) is 6.26 Å². The molecule has 2 heterocycles. The van der Waals surface area contributed by atoms with Crippen molar-refractivity contribution in [1.82, 2.24) is 9.55 Å². The molecule has 9 heteroatoms. The van der Waals surface area contributed by atoms with Crippen molar-refractivity contribution in [3.05, 3.63) is 89.9 Å². The van der Waals surface area contributed by atoms with Crippen molar-refractivity contribution < 1.29 is 18.7 Å². The second-order valence-corrected chi connectivity index (χ2v) is 6.87. The summed E-state index contributed by atoms with van der Waals surface area (Å²) in [5.74, 6) is -0.0455. The average molecular weight is 434 g/mol. The fraction of sp³-hybridized carbons (Fsp3) is 0.0455. The van der Waals surface area contributed by atoms with Crippen LogP contribution >= 0.6 is 12.2 Å². The zero-order valence-corrected chi connectivity index (χ0v) is 17.0. The van der Waals surface area contributed by atoms with Gasteiger partial charge in [-0.25, -0.2) is 0 Å². The van der Waals surface area contributed by atoms with Gasteiger partial charge in [0.1, 0.15) is 5.75 Å². The number of hydrogen-bond donors (Lipinski definition) is 3. The summed E-state index contributed by atoms with van der Waals surface area (Å²) >= 11 is 5.22. The molecule has 0 radical (unpaired) electrons. The lowest BCUT2D eigenvalue weighted by atomic mass is 10.2. The highest BCUT2D eigenvalue weighted by Crippen LogP contribution is 2.19. The van der Waals surface area contributed by atoms with Crippen molar-refractivity contribution in [2.75, 3.05) is 17.2 Å². The van der Waals surface area contributed by atoms with Gasteiger partial charge in [-0.2, -0.15) is 0 Å². The summed E-state index contributed by atoms with van der Waals surface area (Å²) in [7, 11) is 0. The Labute approximate surface area is 182 Å². The molecule has 0 aliphatic rings. The third-order valence-corrected chi connectivity index (χ3v) is 4.58. The van der Waals surface area contributed by atoms with E-state index in [0.29, 0.717) is 21.9 Å². The van der Waals surface area contributed by atoms with E-state index in [2.05, 4.69) is 15.6 Å². The number of imidazole rings is 1. The molecule has 0 bridgehead atoms. The van der Waals surface area contributed by atoms with E-state index in [0.717, 1.165) is 5.69 Å². The van der Waals surface area contributed by atoms with Gasteiger partial charge < -0.3 is 24.8 Å². The van der Waals surface area contributed by atoms with Gasteiger partial charge in [0.25, 0.3) is 11.8 Å². The third-order valence-electron chi connectivity index (χ3n) is 4.26. The number of ether oxygens (including phenoxy) is 1. The number of carbonyl (C=O) groups excluding carboxylic acids is 2. The molecule has 4 aromatic rings. The standard InChI is InChI=1S/C22H18N4O4S/c27-20(24-15-4-1-6-17(12-15)26-10-9-23-22(26)31)14-30-18-7-2-5-16(13-18)25-21(28)19-8-3-11-29-19/h1-13H,14H2,(H,23,31)(H,24,27)(H,25,28). The Morgan fingerprint density at radius 1 is 1.03 bits per heavy atom. The second kappa shape index (κ2) is 9.14. The maximum atomic E-state index is 12.3. The predicted molar refractivity (Wildman–Crippen MR) is 118 cm³/mol. The van der Waals surface area contributed by atoms with Gasteiger partial charge in [0.15, 0.2) is 17.1 Å². The molecule has 2 aromatic heterocycles. The van der Waals surface area contributed by atoms with E-state index in [1.165, 1.54) is 6.26 Å². The summed E-state index contributed by atoms with van der Waals surface area (Å²) in [6.45, 7) is -0.191. The number of aromatic amines is 1. The van der Waals surface area contributed by atoms with Crippen molar-refractivity contribution in [3.8, 4) is 11.4 Å². The number of H-pyrrole nitrogens is 1. The molecule has 2 amide bonds. The normalized spacial score (nSPS) is 10.5. The molecule has 0 saturated carbocycles. The minimum atomic E-state index is -0.373. The van der Waals surface area contributed by atoms with Crippen molar-refractivity contribution in [1.29, 1.82) is 0 Å². The lowest BCUT2D eigenvalue weighted by Crippen LogP contribution is -2.20. The van der Waals surface area contributed by atoms with Gasteiger partial charge in [-0.3, -0.25) is 14.2 Å². The number of nitrogens with one attached hydrogen (secondary N) is 3. The average Bonchev–Trinajstić information content (AvgIpc) is 3.45. The van der Waals surface area contributed by atoms with Gasteiger partial charge in [-0.05, 0) is 54.7 Å². The van der Waals surface area contributed by atoms with Gasteiger partial charge >= 0.3 is 0 Å². The lowest BCUT2D eigenvalue weighted by Gasteiger charge is -2.10. The molecule has 4 rings (SSSR count). The molecule has 0 atom stereocenters. The molecule has 0 unspecified atom stereocenters. The van der Waals surface area contributed by atoms with Crippen LogP contribution in [0.25, 0.3) is 5.69 Å². The minimum Gasteiger partial charge on any atom is -0.484 e. The molecule has 0 spiro atoms. The highest BCUT2D eigenvalue weighted by molar-refractivity contribution is 7.71. The van der Waals surface area contributed by atoms with Crippen LogP contribution in [0, 0.1) is 4.77 Å². The molecule has 2 aromatic carbocycles. The van der Waals surface area contributed by atoms with Crippen molar-refractivity contribution in [2.24, 2.45) is 0 Å². The molecule has 31 heavy (non-hydrogen) atoms. The number of hydrogen-bond acceptors (Lipinski definition) is 5. The lowest BCUT2D eigenvalue weighted by molar-refractivity contribution is -0.118. The molecule has 0 saturated heterocycles. The van der Waals surface area contributed by atoms with Crippen LogP contribution in [0.3, 0.4) is 0 Å². The molecule has 156 valence electrons. The summed E-state index contributed by atoms with van der Waals surface area (Å²) in [6.07, 6.45) is 4.98. The first-order valence-corrected chi connectivity index (χ1v) is 9.73. The Balaban J connectivity index is 1.35. The molecular weight excluding hydrogens is 416 g/mol. The van der Waals surface area contributed by atoms with Crippen molar-refractivity contribution >= 4 is 35.4 Å². The Hall–Kier alpha value is -4.11. The predicted octanol–water partition coefficient (Wildman–Crippen LogP) is 4.40. The second-order valence-electron chi connectivity index (χ2n) is 6.48. The van der Waals surface area contributed by atoms with Crippen LogP contribution in [0.5, 0.6) is 5.75 Å². The van der Waals surface area contributed by atoms with Gasteiger partial charge in [0, 0.05) is 35.5 Å². The Bertz CT molecular complexity index is 1260. The maximum absolute atomic E-state index is 12.3. The number of carbonyl (C=O) groups is 2. The summed E-state index contributed by atoms with van der Waals surface area (Å²) in [6, 6.07) is 17.3. The van der Waals surface area contributed by atoms with Gasteiger partial charge in [-0.15, -0.1) is 0 Å². The molecule has 0 aliphatic carbocycles. The van der Waals surface area contributed by atoms with Crippen LogP contribution in [0.1, 0.15) is 10.6 Å². The van der Waals surface area contributed by atoms with Crippen molar-refractivity contribution in [2.45, 2.75) is 0 Å². The number of anilines is 2. The minimum absolute atomic E-state index is 0.191. The number of amides is 2. The molecule has 3 N–H and O–H groups in total. The summed E-state index contributed by atoms with van der Waals surface area (Å²) in [5, 5.41) is 5.51. The van der Waals surface area contributed by atoms with E-state index in [4.69, 9.17) is 21.4 Å². The highest BCUT2D eigenvalue weighted by Gasteiger charge is 2.10. The van der Waals surface area contributed by atoms with Crippen LogP contribution in [0.15, 0.2) is 83.7 Å². The highest BCUT2D eigenvalue weighted by atomic mass is 32.1. The summed E-state index contributed by atoms with van der Waals surface area (Å²) < 4.78 is 13.0. The number of furan rings is 1. The van der Waals surface area contributed by atoms with Crippen LogP contribution in [-0.2, 0) is 4.79 Å². The summed E-state index contributed by atoms with van der Waals surface area (Å²) in [5.41, 5.74) is 1.97. The molecular formula is C22H18N4O4S. The van der Waals surface area contributed by atoms with Crippen LogP contribution in [0.4, 0.5) is 11.4 Å². The maximum Gasteiger partial charge on any atom is 0.291 e. The quantitative estimate of drug-likeness (QED) is 0.374. The van der Waals surface area contributed by atoms with Gasteiger partial charge in [-0.1, -0.05) is 12.1 Å². The Kier molecular flexibility index (Phi) is 5.95. The number of nitrogens with zero attached hydrogens (tertiary/aromatic N) is 1. The van der Waals surface area contributed by atoms with E-state index in [1.54, 1.807) is 53.2 Å². The van der Waals surface area contributed by atoms with Crippen LogP contribution in [-0.4, -0.2) is 28.0 Å². The molecule has 8 nitrogen and oxygen atoms in total. The topological polar surface area (TPSA) is 101 Å². The first-order chi connectivity index (χ1) is 15.1. The first-order valence-electron chi connectivity index (χ1n) is 9.32. The fourth-order valence-corrected chi connectivity index (χ4v) is 3.10. The van der Waals surface area contributed by atoms with E-state index >= 15 is 0 Å². The van der Waals surface area contributed by atoms with E-state index in [1.807, 2.05) is 24.4 Å². The third kappa shape index (κ3) is 5.09. The largest absolute Gasteiger partial charge is 0.484 e. The van der Waals surface area contributed by atoms with Crippen LogP contribution in [0.2, 0.25) is 0 Å². The molecule has 0 fully saturated rings. The molecule has 0 aliphatic heterocycles. The number of rotatable bonds is 7. The summed E-state index contributed by atoms with van der Waals surface area (Å²) in [4.78, 5) is 27.3. The Morgan fingerprint density at radius 2 is 1.84 bits per heavy atom. The van der Waals surface area contributed by atoms with Crippen molar-refractivity contribution in [3.63, 3.8) is 0 Å². The number of benzene rings is 2. The van der Waals surface area contributed by atoms with Gasteiger partial charge in [0.2, 0.25) is 0 Å². The number of aromatic nitrogens is 2. The van der Waals surface area contributed by atoms with Crippen LogP contribution < -0.4 is 15.4 Å². The fourth-order valence-electron chi connectivity index (χ4n) is 2.87. The smallest absolute Gasteiger partial charge is 0.291 e. The van der Waals surface area contributed by atoms with E-state index in [9.17, 15) is 9.59 Å².